The standard InChI is InChI=1S/C15H14F3NO3/c1-3-19-13-7-12(15(16,17)18)10(9-4-5-22-8-9)6-11(13)14(20)21-2/h4-8,19H,3H2,1-2H3. The van der Waals surface area contributed by atoms with Crippen LogP contribution in [0.3, 0.4) is 0 Å². The summed E-state index contributed by atoms with van der Waals surface area (Å²) in [5.74, 6) is -0.714. The Bertz CT molecular complexity index is 663. The predicted octanol–water partition coefficient (Wildman–Crippen LogP) is 4.18. The van der Waals surface area contributed by atoms with Gasteiger partial charge in [0, 0.05) is 17.8 Å². The number of ether oxygens (including phenoxy) is 1. The van der Waals surface area contributed by atoms with Crippen molar-refractivity contribution in [3.8, 4) is 11.1 Å². The average molecular weight is 313 g/mol. The molecule has 0 unspecified atom stereocenters. The van der Waals surface area contributed by atoms with Gasteiger partial charge in [-0.05, 0) is 30.7 Å². The zero-order valence-corrected chi connectivity index (χ0v) is 12.0. The van der Waals surface area contributed by atoms with Crippen molar-refractivity contribution in [3.63, 3.8) is 0 Å². The number of alkyl halides is 3. The number of furan rings is 1. The first-order valence-electron chi connectivity index (χ1n) is 6.48. The first-order chi connectivity index (χ1) is 10.4. The fourth-order valence-corrected chi connectivity index (χ4v) is 2.11. The maximum absolute atomic E-state index is 13.3. The van der Waals surface area contributed by atoms with Crippen LogP contribution in [0, 0.1) is 0 Å². The number of rotatable bonds is 4. The van der Waals surface area contributed by atoms with Crippen molar-refractivity contribution in [1.82, 2.24) is 0 Å². The summed E-state index contributed by atoms with van der Waals surface area (Å²) in [6.45, 7) is 2.09. The summed E-state index contributed by atoms with van der Waals surface area (Å²) < 4.78 is 49.4. The molecular weight excluding hydrogens is 299 g/mol. The molecule has 0 bridgehead atoms. The summed E-state index contributed by atoms with van der Waals surface area (Å²) >= 11 is 0. The number of halogens is 3. The molecule has 1 aromatic carbocycles. The fraction of sp³-hybridized carbons (Fsp3) is 0.267. The number of hydrogen-bond acceptors (Lipinski definition) is 4. The lowest BCUT2D eigenvalue weighted by Gasteiger charge is -2.17. The highest BCUT2D eigenvalue weighted by molar-refractivity contribution is 5.97. The summed E-state index contributed by atoms with van der Waals surface area (Å²) in [4.78, 5) is 11.8. The predicted molar refractivity (Wildman–Crippen MR) is 74.6 cm³/mol. The minimum Gasteiger partial charge on any atom is -0.472 e. The number of hydrogen-bond donors (Lipinski definition) is 1. The minimum atomic E-state index is -4.56. The van der Waals surface area contributed by atoms with Crippen LogP contribution in [-0.2, 0) is 10.9 Å². The molecule has 7 heteroatoms. The molecule has 2 rings (SSSR count). The molecule has 0 spiro atoms. The summed E-state index contributed by atoms with van der Waals surface area (Å²) in [5, 5.41) is 2.75. The molecule has 0 atom stereocenters. The monoisotopic (exact) mass is 313 g/mol. The van der Waals surface area contributed by atoms with Crippen LogP contribution < -0.4 is 5.32 Å². The average Bonchev–Trinajstić information content (AvgIpc) is 2.99. The number of esters is 1. The molecule has 1 N–H and O–H groups in total. The zero-order valence-electron chi connectivity index (χ0n) is 12.0. The van der Waals surface area contributed by atoms with E-state index in [1.54, 1.807) is 6.92 Å². The molecule has 2 aromatic rings. The molecule has 1 aromatic heterocycles. The highest BCUT2D eigenvalue weighted by atomic mass is 19.4. The van der Waals surface area contributed by atoms with Gasteiger partial charge in [-0.2, -0.15) is 13.2 Å². The van der Waals surface area contributed by atoms with E-state index in [2.05, 4.69) is 10.1 Å². The van der Waals surface area contributed by atoms with Crippen LogP contribution in [0.2, 0.25) is 0 Å². The van der Waals surface area contributed by atoms with E-state index in [1.165, 1.54) is 25.7 Å². The Kier molecular flexibility index (Phi) is 4.44. The van der Waals surface area contributed by atoms with Crippen molar-refractivity contribution in [2.45, 2.75) is 13.1 Å². The second-order valence-corrected chi connectivity index (χ2v) is 4.48. The van der Waals surface area contributed by atoms with Crippen LogP contribution in [0.25, 0.3) is 11.1 Å². The van der Waals surface area contributed by atoms with Gasteiger partial charge in [0.1, 0.15) is 0 Å². The second-order valence-electron chi connectivity index (χ2n) is 4.48. The van der Waals surface area contributed by atoms with Gasteiger partial charge in [-0.1, -0.05) is 0 Å². The highest BCUT2D eigenvalue weighted by Gasteiger charge is 2.35. The van der Waals surface area contributed by atoms with Crippen LogP contribution >= 0.6 is 0 Å². The van der Waals surface area contributed by atoms with Gasteiger partial charge in [-0.25, -0.2) is 4.79 Å². The van der Waals surface area contributed by atoms with Gasteiger partial charge in [-0.3, -0.25) is 0 Å². The minimum absolute atomic E-state index is 0.0357. The smallest absolute Gasteiger partial charge is 0.417 e. The van der Waals surface area contributed by atoms with Crippen LogP contribution in [0.1, 0.15) is 22.8 Å². The Hall–Kier alpha value is -2.44. The van der Waals surface area contributed by atoms with Crippen molar-refractivity contribution in [2.75, 3.05) is 19.0 Å². The molecule has 118 valence electrons. The number of carbonyl (C=O) groups is 1. The van der Waals surface area contributed by atoms with Gasteiger partial charge in [-0.15, -0.1) is 0 Å². The van der Waals surface area contributed by atoms with Crippen molar-refractivity contribution in [2.24, 2.45) is 0 Å². The third kappa shape index (κ3) is 3.08. The number of benzene rings is 1. The SMILES string of the molecule is CCNc1cc(C(F)(F)F)c(-c2ccoc2)cc1C(=O)OC. The summed E-state index contributed by atoms with van der Waals surface area (Å²) in [6.07, 6.45) is -2.10. The van der Waals surface area contributed by atoms with E-state index < -0.39 is 17.7 Å². The first-order valence-corrected chi connectivity index (χ1v) is 6.48. The Labute approximate surface area is 124 Å². The number of nitrogens with one attached hydrogen (secondary N) is 1. The molecular formula is C15H14F3NO3. The normalized spacial score (nSPS) is 11.3. The molecule has 22 heavy (non-hydrogen) atoms. The largest absolute Gasteiger partial charge is 0.472 e. The van der Waals surface area contributed by atoms with Gasteiger partial charge in [0.2, 0.25) is 0 Å². The summed E-state index contributed by atoms with van der Waals surface area (Å²) in [7, 11) is 1.17. The summed E-state index contributed by atoms with van der Waals surface area (Å²) in [6, 6.07) is 3.48. The fourth-order valence-electron chi connectivity index (χ4n) is 2.11. The second kappa shape index (κ2) is 6.13. The maximum atomic E-state index is 13.3. The zero-order chi connectivity index (χ0) is 16.3. The Morgan fingerprint density at radius 3 is 2.59 bits per heavy atom. The molecule has 0 saturated carbocycles. The van der Waals surface area contributed by atoms with Gasteiger partial charge in [0.25, 0.3) is 0 Å². The number of carbonyl (C=O) groups excluding carboxylic acids is 1. The first kappa shape index (κ1) is 15.9. The van der Waals surface area contributed by atoms with Crippen molar-refractivity contribution >= 4 is 11.7 Å². The van der Waals surface area contributed by atoms with Gasteiger partial charge in [0.15, 0.2) is 0 Å². The van der Waals surface area contributed by atoms with E-state index in [9.17, 15) is 18.0 Å². The van der Waals surface area contributed by atoms with E-state index in [4.69, 9.17) is 4.42 Å². The Balaban J connectivity index is 2.72. The van der Waals surface area contributed by atoms with Crippen molar-refractivity contribution in [1.29, 1.82) is 0 Å². The Morgan fingerprint density at radius 2 is 2.09 bits per heavy atom. The van der Waals surface area contributed by atoms with Crippen LogP contribution in [0.5, 0.6) is 0 Å². The van der Waals surface area contributed by atoms with E-state index in [-0.39, 0.29) is 22.4 Å². The molecule has 0 aliphatic heterocycles. The maximum Gasteiger partial charge on any atom is 0.417 e. The molecule has 0 saturated heterocycles. The third-order valence-electron chi connectivity index (χ3n) is 3.07. The molecule has 0 aliphatic rings. The number of anilines is 1. The van der Waals surface area contributed by atoms with Gasteiger partial charge < -0.3 is 14.5 Å². The molecule has 1 heterocycles. The molecule has 0 radical (unpaired) electrons. The summed E-state index contributed by atoms with van der Waals surface area (Å²) in [5.41, 5.74) is -0.635. The van der Waals surface area contributed by atoms with E-state index in [0.29, 0.717) is 6.54 Å². The van der Waals surface area contributed by atoms with E-state index in [1.807, 2.05) is 0 Å². The van der Waals surface area contributed by atoms with Crippen LogP contribution in [-0.4, -0.2) is 19.6 Å². The van der Waals surface area contributed by atoms with Crippen molar-refractivity contribution in [3.05, 3.63) is 41.9 Å². The van der Waals surface area contributed by atoms with Crippen LogP contribution in [0.4, 0.5) is 18.9 Å². The van der Waals surface area contributed by atoms with Gasteiger partial charge in [0.05, 0.1) is 30.8 Å². The van der Waals surface area contributed by atoms with E-state index >= 15 is 0 Å². The molecule has 0 amide bonds. The lowest BCUT2D eigenvalue weighted by Crippen LogP contribution is -2.13. The van der Waals surface area contributed by atoms with E-state index in [0.717, 1.165) is 12.1 Å². The quantitative estimate of drug-likeness (QED) is 0.860. The number of methoxy groups -OCH3 is 1. The Morgan fingerprint density at radius 1 is 1.36 bits per heavy atom. The van der Waals surface area contributed by atoms with Crippen LogP contribution in [0.15, 0.2) is 35.1 Å². The van der Waals surface area contributed by atoms with Crippen molar-refractivity contribution < 1.29 is 27.1 Å². The topological polar surface area (TPSA) is 51.5 Å². The molecule has 0 aliphatic carbocycles. The lowest BCUT2D eigenvalue weighted by molar-refractivity contribution is -0.137. The molecule has 4 nitrogen and oxygen atoms in total. The lowest BCUT2D eigenvalue weighted by atomic mass is 9.97. The molecule has 0 fully saturated rings. The highest BCUT2D eigenvalue weighted by Crippen LogP contribution is 2.40. The van der Waals surface area contributed by atoms with Gasteiger partial charge >= 0.3 is 12.1 Å². The third-order valence-corrected chi connectivity index (χ3v) is 3.07.